The summed E-state index contributed by atoms with van der Waals surface area (Å²) >= 11 is 0. The molecule has 0 spiro atoms. The van der Waals surface area contributed by atoms with Gasteiger partial charge in [0, 0.05) is 11.6 Å². The summed E-state index contributed by atoms with van der Waals surface area (Å²) < 4.78 is 29.0. The first-order chi connectivity index (χ1) is 11.5. The lowest BCUT2D eigenvalue weighted by Gasteiger charge is -2.11. The van der Waals surface area contributed by atoms with Crippen molar-refractivity contribution in [2.45, 2.75) is 6.92 Å². The molecule has 1 heterocycles. The van der Waals surface area contributed by atoms with Crippen molar-refractivity contribution >= 4 is 17.4 Å². The minimum atomic E-state index is -0.558. The molecule has 1 amide bonds. The lowest BCUT2D eigenvalue weighted by Crippen LogP contribution is -2.21. The molecule has 0 aliphatic carbocycles. The summed E-state index contributed by atoms with van der Waals surface area (Å²) in [6.45, 7) is 1.04. The zero-order chi connectivity index (χ0) is 17.1. The second-order valence-corrected chi connectivity index (χ2v) is 5.07. The maximum atomic E-state index is 13.5. The predicted molar refractivity (Wildman–Crippen MR) is 83.1 cm³/mol. The fraction of sp³-hybridized carbons (Fsp3) is 0.176. The van der Waals surface area contributed by atoms with E-state index in [9.17, 15) is 14.0 Å². The zero-order valence-electron chi connectivity index (χ0n) is 12.8. The van der Waals surface area contributed by atoms with Gasteiger partial charge in [-0.3, -0.25) is 9.59 Å². The van der Waals surface area contributed by atoms with E-state index < -0.39 is 18.3 Å². The Morgan fingerprint density at radius 1 is 1.21 bits per heavy atom. The highest BCUT2D eigenvalue weighted by Crippen LogP contribution is 2.37. The first kappa shape index (κ1) is 15.8. The van der Waals surface area contributed by atoms with Gasteiger partial charge in [-0.15, -0.1) is 0 Å². The Morgan fingerprint density at radius 2 is 1.92 bits per heavy atom. The Bertz CT molecular complexity index is 806. The summed E-state index contributed by atoms with van der Waals surface area (Å²) in [6, 6.07) is 8.80. The molecule has 7 heteroatoms. The number of rotatable bonds is 5. The third-order valence-electron chi connectivity index (χ3n) is 3.36. The molecule has 3 rings (SSSR count). The van der Waals surface area contributed by atoms with Gasteiger partial charge in [-0.05, 0) is 25.1 Å². The third kappa shape index (κ3) is 3.29. The van der Waals surface area contributed by atoms with Crippen molar-refractivity contribution in [2.75, 3.05) is 18.7 Å². The van der Waals surface area contributed by atoms with Crippen molar-refractivity contribution in [2.24, 2.45) is 0 Å². The van der Waals surface area contributed by atoms with Crippen LogP contribution in [0.5, 0.6) is 17.2 Å². The fourth-order valence-electron chi connectivity index (χ4n) is 2.23. The van der Waals surface area contributed by atoms with Crippen molar-refractivity contribution in [1.82, 2.24) is 0 Å². The van der Waals surface area contributed by atoms with Crippen LogP contribution in [0.25, 0.3) is 0 Å². The molecule has 124 valence electrons. The number of nitrogens with one attached hydrogen (secondary N) is 1. The number of amides is 1. The van der Waals surface area contributed by atoms with Crippen LogP contribution >= 0.6 is 0 Å². The van der Waals surface area contributed by atoms with Gasteiger partial charge in [0.2, 0.25) is 6.79 Å². The number of halogens is 1. The minimum Gasteiger partial charge on any atom is -0.481 e. The number of carbonyl (C=O) groups is 2. The lowest BCUT2D eigenvalue weighted by molar-refractivity contribution is -0.118. The van der Waals surface area contributed by atoms with Gasteiger partial charge in [0.25, 0.3) is 5.91 Å². The highest BCUT2D eigenvalue weighted by Gasteiger charge is 2.20. The van der Waals surface area contributed by atoms with Gasteiger partial charge in [-0.1, -0.05) is 12.1 Å². The van der Waals surface area contributed by atoms with Crippen molar-refractivity contribution in [3.8, 4) is 17.2 Å². The van der Waals surface area contributed by atoms with E-state index in [-0.39, 0.29) is 24.0 Å². The van der Waals surface area contributed by atoms with Crippen molar-refractivity contribution in [3.05, 3.63) is 47.8 Å². The minimum absolute atomic E-state index is 0.0230. The Hall–Kier alpha value is -3.09. The average molecular weight is 331 g/mol. The molecule has 0 saturated carbocycles. The van der Waals surface area contributed by atoms with Crippen LogP contribution in [0.1, 0.15) is 17.3 Å². The predicted octanol–water partition coefficient (Wildman–Crippen LogP) is 2.77. The summed E-state index contributed by atoms with van der Waals surface area (Å²) in [5.41, 5.74) is 0.576. The quantitative estimate of drug-likeness (QED) is 0.853. The second kappa shape index (κ2) is 6.57. The van der Waals surface area contributed by atoms with Crippen LogP contribution in [-0.2, 0) is 4.79 Å². The average Bonchev–Trinajstić information content (AvgIpc) is 3.00. The highest BCUT2D eigenvalue weighted by atomic mass is 19.1. The van der Waals surface area contributed by atoms with Gasteiger partial charge in [0.05, 0.1) is 5.69 Å². The molecule has 0 unspecified atom stereocenters. The number of para-hydroxylation sites is 1. The third-order valence-corrected chi connectivity index (χ3v) is 3.36. The molecule has 0 bridgehead atoms. The van der Waals surface area contributed by atoms with Gasteiger partial charge < -0.3 is 19.5 Å². The number of ketones is 1. The van der Waals surface area contributed by atoms with E-state index in [1.165, 1.54) is 37.3 Å². The van der Waals surface area contributed by atoms with Crippen LogP contribution in [0, 0.1) is 5.82 Å². The van der Waals surface area contributed by atoms with E-state index >= 15 is 0 Å². The number of hydrogen-bond acceptors (Lipinski definition) is 5. The maximum Gasteiger partial charge on any atom is 0.262 e. The van der Waals surface area contributed by atoms with E-state index in [1.807, 2.05) is 0 Å². The van der Waals surface area contributed by atoms with Gasteiger partial charge in [0.1, 0.15) is 0 Å². The maximum absolute atomic E-state index is 13.5. The summed E-state index contributed by atoms with van der Waals surface area (Å²) in [6.07, 6.45) is 0. The van der Waals surface area contributed by atoms with Crippen molar-refractivity contribution in [1.29, 1.82) is 0 Å². The number of fused-ring (bicyclic) bond motifs is 1. The lowest BCUT2D eigenvalue weighted by atomic mass is 10.1. The Kier molecular flexibility index (Phi) is 4.33. The monoisotopic (exact) mass is 331 g/mol. The van der Waals surface area contributed by atoms with E-state index in [2.05, 4.69) is 5.32 Å². The molecule has 0 aromatic heterocycles. The van der Waals surface area contributed by atoms with Crippen molar-refractivity contribution < 1.29 is 28.2 Å². The molecule has 0 saturated heterocycles. The zero-order valence-corrected chi connectivity index (χ0v) is 12.8. The molecule has 2 aromatic carbocycles. The number of Topliss-reactive ketones (excluding diaryl/α,β-unsaturated/α-hetero) is 1. The number of anilines is 1. The first-order valence-electron chi connectivity index (χ1n) is 7.16. The van der Waals surface area contributed by atoms with Crippen LogP contribution in [0.3, 0.4) is 0 Å². The van der Waals surface area contributed by atoms with Gasteiger partial charge in [-0.25, -0.2) is 4.39 Å². The topological polar surface area (TPSA) is 73.9 Å². The molecule has 6 nitrogen and oxygen atoms in total. The van der Waals surface area contributed by atoms with Gasteiger partial charge >= 0.3 is 0 Å². The molecule has 1 N–H and O–H groups in total. The molecule has 1 aliphatic rings. The molecule has 1 aliphatic heterocycles. The number of benzene rings is 2. The second-order valence-electron chi connectivity index (χ2n) is 5.07. The summed E-state index contributed by atoms with van der Waals surface area (Å²) in [5, 5.41) is 2.57. The fourth-order valence-corrected chi connectivity index (χ4v) is 2.23. The molecule has 0 radical (unpaired) electrons. The Balaban J connectivity index is 1.72. The normalized spacial score (nSPS) is 11.9. The molecular formula is C17H14FNO5. The van der Waals surface area contributed by atoms with E-state index in [0.29, 0.717) is 17.1 Å². The van der Waals surface area contributed by atoms with E-state index in [1.54, 1.807) is 6.07 Å². The summed E-state index contributed by atoms with van der Waals surface area (Å²) in [4.78, 5) is 23.8. The molecule has 0 atom stereocenters. The Labute approximate surface area is 137 Å². The van der Waals surface area contributed by atoms with E-state index in [4.69, 9.17) is 14.2 Å². The summed E-state index contributed by atoms with van der Waals surface area (Å²) in [7, 11) is 0. The SMILES string of the molecule is CC(=O)c1cc2c(cc1NC(=O)COc1ccccc1F)OCO2. The van der Waals surface area contributed by atoms with Crippen LogP contribution in [0.4, 0.5) is 10.1 Å². The van der Waals surface area contributed by atoms with Crippen LogP contribution in [0.15, 0.2) is 36.4 Å². The largest absolute Gasteiger partial charge is 0.481 e. The number of hydrogen-bond donors (Lipinski definition) is 1. The number of carbonyl (C=O) groups excluding carboxylic acids is 2. The summed E-state index contributed by atoms with van der Waals surface area (Å²) in [5.74, 6) is -0.465. The molecule has 2 aromatic rings. The first-order valence-corrected chi connectivity index (χ1v) is 7.16. The number of ether oxygens (including phenoxy) is 3. The van der Waals surface area contributed by atoms with E-state index in [0.717, 1.165) is 0 Å². The standard InChI is InChI=1S/C17H14FNO5/c1-10(20)11-6-15-16(24-9-23-15)7-13(11)19-17(21)8-22-14-5-3-2-4-12(14)18/h2-7H,8-9H2,1H3,(H,19,21). The van der Waals surface area contributed by atoms with Crippen LogP contribution in [-0.4, -0.2) is 25.1 Å². The van der Waals surface area contributed by atoms with Crippen LogP contribution in [0.2, 0.25) is 0 Å². The molecular weight excluding hydrogens is 317 g/mol. The molecule has 24 heavy (non-hydrogen) atoms. The van der Waals surface area contributed by atoms with Crippen LogP contribution < -0.4 is 19.5 Å². The van der Waals surface area contributed by atoms with Crippen molar-refractivity contribution in [3.63, 3.8) is 0 Å². The highest BCUT2D eigenvalue weighted by molar-refractivity contribution is 6.04. The van der Waals surface area contributed by atoms with Gasteiger partial charge in [-0.2, -0.15) is 0 Å². The van der Waals surface area contributed by atoms with Gasteiger partial charge in [0.15, 0.2) is 35.5 Å². The Morgan fingerprint density at radius 3 is 2.62 bits per heavy atom. The molecule has 0 fully saturated rings. The smallest absolute Gasteiger partial charge is 0.262 e.